The SMILES string of the molecule is C/C=C(/C)C(=O)O[C@H]1C[C@@H](C)[C@@H]2CC(=O)C(C)=C2C[C@H]1C(C)(C)OC(C)=O. The van der Waals surface area contributed by atoms with Gasteiger partial charge in [0.1, 0.15) is 11.7 Å². The lowest BCUT2D eigenvalue weighted by atomic mass is 9.80. The Morgan fingerprint density at radius 3 is 2.37 bits per heavy atom. The molecule has 0 spiro atoms. The molecule has 0 aromatic heterocycles. The lowest BCUT2D eigenvalue weighted by Gasteiger charge is -2.38. The smallest absolute Gasteiger partial charge is 0.333 e. The molecular formula is C22H32O5. The molecule has 2 aliphatic rings. The summed E-state index contributed by atoms with van der Waals surface area (Å²) in [5.74, 6) is -0.323. The summed E-state index contributed by atoms with van der Waals surface area (Å²) in [6, 6.07) is 0. The number of ether oxygens (including phenoxy) is 2. The number of rotatable bonds is 4. The quantitative estimate of drug-likeness (QED) is 0.544. The van der Waals surface area contributed by atoms with Crippen LogP contribution < -0.4 is 0 Å². The van der Waals surface area contributed by atoms with E-state index in [-0.39, 0.29) is 41.6 Å². The lowest BCUT2D eigenvalue weighted by Crippen LogP contribution is -2.44. The number of esters is 2. The van der Waals surface area contributed by atoms with Crippen molar-refractivity contribution in [2.24, 2.45) is 17.8 Å². The summed E-state index contributed by atoms with van der Waals surface area (Å²) in [4.78, 5) is 36.4. The van der Waals surface area contributed by atoms with Crippen LogP contribution >= 0.6 is 0 Å². The molecule has 2 rings (SSSR count). The van der Waals surface area contributed by atoms with Crippen molar-refractivity contribution in [3.05, 3.63) is 22.8 Å². The predicted molar refractivity (Wildman–Crippen MR) is 103 cm³/mol. The maximum Gasteiger partial charge on any atom is 0.333 e. The van der Waals surface area contributed by atoms with Crippen LogP contribution in [0.4, 0.5) is 0 Å². The largest absolute Gasteiger partial charge is 0.459 e. The van der Waals surface area contributed by atoms with Gasteiger partial charge in [0, 0.05) is 24.8 Å². The van der Waals surface area contributed by atoms with Crippen molar-refractivity contribution in [1.82, 2.24) is 0 Å². The minimum atomic E-state index is -0.811. The van der Waals surface area contributed by atoms with E-state index < -0.39 is 5.60 Å². The van der Waals surface area contributed by atoms with Gasteiger partial charge in [-0.3, -0.25) is 9.59 Å². The second kappa shape index (κ2) is 7.99. The van der Waals surface area contributed by atoms with Crippen LogP contribution in [-0.2, 0) is 23.9 Å². The highest BCUT2D eigenvalue weighted by Gasteiger charge is 2.47. The molecule has 0 aromatic carbocycles. The molecule has 0 N–H and O–H groups in total. The van der Waals surface area contributed by atoms with Crippen molar-refractivity contribution >= 4 is 17.7 Å². The zero-order chi connectivity index (χ0) is 20.5. The topological polar surface area (TPSA) is 69.7 Å². The van der Waals surface area contributed by atoms with Crippen LogP contribution in [0.2, 0.25) is 0 Å². The number of carbonyl (C=O) groups is 3. The van der Waals surface area contributed by atoms with E-state index in [2.05, 4.69) is 6.92 Å². The Hall–Kier alpha value is -1.91. The maximum atomic E-state index is 12.5. The molecule has 150 valence electrons. The monoisotopic (exact) mass is 376 g/mol. The first-order valence-electron chi connectivity index (χ1n) is 9.74. The summed E-state index contributed by atoms with van der Waals surface area (Å²) in [6.07, 6.45) is 3.12. The first-order valence-corrected chi connectivity index (χ1v) is 9.74. The van der Waals surface area contributed by atoms with Crippen LogP contribution in [0.1, 0.15) is 67.7 Å². The van der Waals surface area contributed by atoms with Crippen molar-refractivity contribution in [3.63, 3.8) is 0 Å². The van der Waals surface area contributed by atoms with Crippen molar-refractivity contribution < 1.29 is 23.9 Å². The summed E-state index contributed by atoms with van der Waals surface area (Å²) in [6.45, 7) is 12.6. The van der Waals surface area contributed by atoms with E-state index >= 15 is 0 Å². The molecule has 0 aliphatic heterocycles. The van der Waals surface area contributed by atoms with Gasteiger partial charge < -0.3 is 9.47 Å². The molecule has 1 fully saturated rings. The molecule has 0 heterocycles. The molecule has 5 nitrogen and oxygen atoms in total. The Morgan fingerprint density at radius 2 is 1.81 bits per heavy atom. The molecular weight excluding hydrogens is 344 g/mol. The van der Waals surface area contributed by atoms with Crippen molar-refractivity contribution in [2.45, 2.75) is 79.4 Å². The normalized spacial score (nSPS) is 29.3. The van der Waals surface area contributed by atoms with Crippen LogP contribution in [0, 0.1) is 17.8 Å². The van der Waals surface area contributed by atoms with Gasteiger partial charge in [0.2, 0.25) is 0 Å². The third-order valence-corrected chi connectivity index (χ3v) is 6.25. The Kier molecular flexibility index (Phi) is 6.33. The maximum absolute atomic E-state index is 12.5. The molecule has 1 saturated carbocycles. The Morgan fingerprint density at radius 1 is 1.19 bits per heavy atom. The Balaban J connectivity index is 2.44. The van der Waals surface area contributed by atoms with E-state index in [0.717, 1.165) is 11.1 Å². The minimum absolute atomic E-state index is 0.180. The molecule has 27 heavy (non-hydrogen) atoms. The second-order valence-corrected chi connectivity index (χ2v) is 8.52. The zero-order valence-corrected chi connectivity index (χ0v) is 17.5. The fourth-order valence-corrected chi connectivity index (χ4v) is 4.46. The Bertz CT molecular complexity index is 697. The molecule has 0 unspecified atom stereocenters. The molecule has 0 radical (unpaired) electrons. The highest BCUT2D eigenvalue weighted by Crippen LogP contribution is 2.47. The van der Waals surface area contributed by atoms with E-state index in [1.54, 1.807) is 19.9 Å². The third-order valence-electron chi connectivity index (χ3n) is 6.25. The average molecular weight is 376 g/mol. The summed E-state index contributed by atoms with van der Waals surface area (Å²) in [5, 5.41) is 0. The number of allylic oxidation sites excluding steroid dienone is 3. The second-order valence-electron chi connectivity index (χ2n) is 8.52. The average Bonchev–Trinajstić information content (AvgIpc) is 2.76. The Labute approximate surface area is 162 Å². The first kappa shape index (κ1) is 21.4. The van der Waals surface area contributed by atoms with Gasteiger partial charge >= 0.3 is 11.9 Å². The van der Waals surface area contributed by atoms with Gasteiger partial charge in [-0.25, -0.2) is 4.79 Å². The van der Waals surface area contributed by atoms with Crippen LogP contribution in [0.5, 0.6) is 0 Å². The van der Waals surface area contributed by atoms with Gasteiger partial charge in [0.15, 0.2) is 5.78 Å². The van der Waals surface area contributed by atoms with Crippen LogP contribution in [0.25, 0.3) is 0 Å². The fraction of sp³-hybridized carbons (Fsp3) is 0.682. The van der Waals surface area contributed by atoms with E-state index in [0.29, 0.717) is 24.8 Å². The number of carbonyl (C=O) groups excluding carboxylic acids is 3. The van der Waals surface area contributed by atoms with E-state index in [9.17, 15) is 14.4 Å². The molecule has 0 saturated heterocycles. The van der Waals surface area contributed by atoms with Gasteiger partial charge in [-0.2, -0.15) is 0 Å². The molecule has 0 bridgehead atoms. The summed E-state index contributed by atoms with van der Waals surface area (Å²) < 4.78 is 11.5. The number of Topliss-reactive ketones (excluding diaryl/α,β-unsaturated/α-hetero) is 1. The van der Waals surface area contributed by atoms with Gasteiger partial charge in [-0.1, -0.05) is 18.6 Å². The number of fused-ring (bicyclic) bond motifs is 1. The number of hydrogen-bond donors (Lipinski definition) is 0. The van der Waals surface area contributed by atoms with Crippen LogP contribution in [0.15, 0.2) is 22.8 Å². The minimum Gasteiger partial charge on any atom is -0.459 e. The number of ketones is 1. The van der Waals surface area contributed by atoms with Crippen molar-refractivity contribution in [1.29, 1.82) is 0 Å². The van der Waals surface area contributed by atoms with Gasteiger partial charge in [0.05, 0.1) is 0 Å². The highest BCUT2D eigenvalue weighted by atomic mass is 16.6. The standard InChI is InChI=1S/C22H32O5/c1-8-12(2)21(25)26-20-9-13(3)16-11-19(24)14(4)17(16)10-18(20)22(6,7)27-15(5)23/h8,13,16,18,20H,9-11H2,1-7H3/b12-8-/t13-,16+,18-,20+/m1/s1. The van der Waals surface area contributed by atoms with Crippen molar-refractivity contribution in [3.8, 4) is 0 Å². The molecule has 0 amide bonds. The molecule has 0 aromatic rings. The van der Waals surface area contributed by atoms with Crippen LogP contribution in [0.3, 0.4) is 0 Å². The van der Waals surface area contributed by atoms with Gasteiger partial charge in [-0.05, 0) is 64.9 Å². The third kappa shape index (κ3) is 4.50. The zero-order valence-electron chi connectivity index (χ0n) is 17.5. The highest BCUT2D eigenvalue weighted by molar-refractivity contribution is 5.98. The predicted octanol–water partition coefficient (Wildman–Crippen LogP) is 4.16. The molecule has 4 atom stereocenters. The molecule has 2 aliphatic carbocycles. The van der Waals surface area contributed by atoms with E-state index in [4.69, 9.17) is 9.47 Å². The fourth-order valence-electron chi connectivity index (χ4n) is 4.46. The molecule has 5 heteroatoms. The van der Waals surface area contributed by atoms with Crippen molar-refractivity contribution in [2.75, 3.05) is 0 Å². The van der Waals surface area contributed by atoms with Gasteiger partial charge in [0.25, 0.3) is 0 Å². The summed E-state index contributed by atoms with van der Waals surface area (Å²) >= 11 is 0. The van der Waals surface area contributed by atoms with E-state index in [1.165, 1.54) is 6.92 Å². The summed E-state index contributed by atoms with van der Waals surface area (Å²) in [5.41, 5.74) is 1.71. The van der Waals surface area contributed by atoms with Crippen LogP contribution in [-0.4, -0.2) is 29.4 Å². The van der Waals surface area contributed by atoms with E-state index in [1.807, 2.05) is 20.8 Å². The summed E-state index contributed by atoms with van der Waals surface area (Å²) in [7, 11) is 0. The first-order chi connectivity index (χ1) is 12.5. The number of hydrogen-bond acceptors (Lipinski definition) is 5. The van der Waals surface area contributed by atoms with Gasteiger partial charge in [-0.15, -0.1) is 0 Å². The lowest BCUT2D eigenvalue weighted by molar-refractivity contribution is -0.170.